The molecule has 0 aromatic heterocycles. The molecule has 6 nitrogen and oxygen atoms in total. The minimum atomic E-state index is -4.03. The van der Waals surface area contributed by atoms with Gasteiger partial charge in [0, 0.05) is 17.7 Å². The molecule has 0 saturated carbocycles. The molecule has 0 aliphatic carbocycles. The van der Waals surface area contributed by atoms with Crippen LogP contribution < -0.4 is 10.5 Å². The van der Waals surface area contributed by atoms with Gasteiger partial charge in [-0.3, -0.25) is 4.79 Å². The van der Waals surface area contributed by atoms with E-state index >= 15 is 0 Å². The summed E-state index contributed by atoms with van der Waals surface area (Å²) in [4.78, 5) is 12.3. The Balaban J connectivity index is 1.88. The molecule has 0 radical (unpaired) electrons. The van der Waals surface area contributed by atoms with Crippen LogP contribution in [0.4, 0.5) is 4.39 Å². The third-order valence-electron chi connectivity index (χ3n) is 4.20. The maximum Gasteiger partial charge on any atom is 0.251 e. The molecule has 29 heavy (non-hydrogen) atoms. The van der Waals surface area contributed by atoms with E-state index in [-0.39, 0.29) is 28.1 Å². The van der Waals surface area contributed by atoms with Crippen molar-refractivity contribution in [3.63, 3.8) is 0 Å². The molecule has 0 atom stereocenters. The molecule has 0 aliphatic heterocycles. The Morgan fingerprint density at radius 3 is 2.41 bits per heavy atom. The predicted molar refractivity (Wildman–Crippen MR) is 106 cm³/mol. The van der Waals surface area contributed by atoms with E-state index in [1.54, 1.807) is 30.3 Å². The number of hydrogen-bond donors (Lipinski definition) is 2. The molecule has 0 heterocycles. The van der Waals surface area contributed by atoms with Crippen molar-refractivity contribution in [2.75, 3.05) is 0 Å². The zero-order valence-corrected chi connectivity index (χ0v) is 15.9. The van der Waals surface area contributed by atoms with E-state index in [0.29, 0.717) is 5.56 Å². The first-order chi connectivity index (χ1) is 13.8. The fraction of sp³-hybridized carbons (Fsp3) is 0.0476. The van der Waals surface area contributed by atoms with Gasteiger partial charge in [0.15, 0.2) is 0 Å². The van der Waals surface area contributed by atoms with Gasteiger partial charge in [-0.1, -0.05) is 30.3 Å². The lowest BCUT2D eigenvalue weighted by Crippen LogP contribution is -2.23. The smallest absolute Gasteiger partial charge is 0.251 e. The van der Waals surface area contributed by atoms with Crippen molar-refractivity contribution in [2.24, 2.45) is 5.14 Å². The summed E-state index contributed by atoms with van der Waals surface area (Å²) in [7, 11) is -4.03. The molecule has 0 unspecified atom stereocenters. The highest BCUT2D eigenvalue weighted by Crippen LogP contribution is 2.28. The summed E-state index contributed by atoms with van der Waals surface area (Å²) < 4.78 is 37.8. The number of nitrogens with two attached hydrogens (primary N) is 1. The maximum atomic E-state index is 14.2. The van der Waals surface area contributed by atoms with E-state index in [2.05, 4.69) is 5.32 Å². The first-order valence-electron chi connectivity index (χ1n) is 8.48. The number of nitrogens with one attached hydrogen (secondary N) is 1. The number of carbonyl (C=O) groups is 1. The van der Waals surface area contributed by atoms with Crippen LogP contribution in [0.25, 0.3) is 11.1 Å². The number of hydrogen-bond acceptors (Lipinski definition) is 4. The average molecular weight is 409 g/mol. The van der Waals surface area contributed by atoms with Crippen LogP contribution in [0, 0.1) is 17.1 Å². The number of nitrogens with zero attached hydrogens (tertiary/aromatic N) is 1. The van der Waals surface area contributed by atoms with E-state index < -0.39 is 21.7 Å². The van der Waals surface area contributed by atoms with Gasteiger partial charge in [0.05, 0.1) is 16.5 Å². The van der Waals surface area contributed by atoms with Crippen LogP contribution in [0.5, 0.6) is 0 Å². The largest absolute Gasteiger partial charge is 0.348 e. The first-order valence-corrected chi connectivity index (χ1v) is 10.0. The Morgan fingerprint density at radius 1 is 1.07 bits per heavy atom. The molecule has 0 fully saturated rings. The van der Waals surface area contributed by atoms with Crippen LogP contribution in [0.3, 0.4) is 0 Å². The van der Waals surface area contributed by atoms with Crippen molar-refractivity contribution in [3.05, 3.63) is 89.2 Å². The first kappa shape index (κ1) is 20.2. The van der Waals surface area contributed by atoms with Crippen LogP contribution in [-0.4, -0.2) is 14.3 Å². The summed E-state index contributed by atoms with van der Waals surface area (Å²) in [6, 6.07) is 18.2. The van der Waals surface area contributed by atoms with E-state index in [9.17, 15) is 17.6 Å². The van der Waals surface area contributed by atoms with Gasteiger partial charge in [0.2, 0.25) is 10.0 Å². The monoisotopic (exact) mass is 409 g/mol. The third-order valence-corrected chi connectivity index (χ3v) is 5.17. The number of sulfonamides is 1. The Hall–Kier alpha value is -3.54. The number of amides is 1. The van der Waals surface area contributed by atoms with Crippen molar-refractivity contribution in [2.45, 2.75) is 11.4 Å². The number of rotatable bonds is 5. The van der Waals surface area contributed by atoms with Gasteiger partial charge in [-0.05, 0) is 47.5 Å². The second-order valence-electron chi connectivity index (χ2n) is 6.26. The second-order valence-corrected chi connectivity index (χ2v) is 7.79. The lowest BCUT2D eigenvalue weighted by Gasteiger charge is -2.11. The number of primary sulfonamides is 1. The minimum absolute atomic E-state index is 0.0397. The van der Waals surface area contributed by atoms with E-state index in [4.69, 9.17) is 10.4 Å². The molecular formula is C21H16FN3O3S. The summed E-state index contributed by atoms with van der Waals surface area (Å²) in [6.07, 6.45) is 0. The van der Waals surface area contributed by atoms with Gasteiger partial charge in [-0.15, -0.1) is 0 Å². The predicted octanol–water partition coefficient (Wildman–Crippen LogP) is 2.94. The quantitative estimate of drug-likeness (QED) is 0.674. The molecule has 0 bridgehead atoms. The molecule has 3 aromatic rings. The van der Waals surface area contributed by atoms with Gasteiger partial charge in [0.25, 0.3) is 5.91 Å². The highest BCUT2D eigenvalue weighted by molar-refractivity contribution is 7.89. The zero-order valence-electron chi connectivity index (χ0n) is 15.1. The van der Waals surface area contributed by atoms with E-state index in [0.717, 1.165) is 17.7 Å². The van der Waals surface area contributed by atoms with Crippen molar-refractivity contribution >= 4 is 15.9 Å². The molecule has 0 spiro atoms. The highest BCUT2D eigenvalue weighted by Gasteiger charge is 2.17. The van der Waals surface area contributed by atoms with E-state index in [1.165, 1.54) is 24.3 Å². The van der Waals surface area contributed by atoms with Crippen molar-refractivity contribution in [3.8, 4) is 17.2 Å². The lowest BCUT2D eigenvalue weighted by molar-refractivity contribution is 0.0950. The Kier molecular flexibility index (Phi) is 5.73. The lowest BCUT2D eigenvalue weighted by atomic mass is 10.0. The molecule has 3 aromatic carbocycles. The summed E-state index contributed by atoms with van der Waals surface area (Å²) in [5, 5.41) is 16.7. The summed E-state index contributed by atoms with van der Waals surface area (Å²) in [6.45, 7) is 0.185. The molecule has 0 aliphatic rings. The Bertz CT molecular complexity index is 1220. The average Bonchev–Trinajstić information content (AvgIpc) is 2.71. The Morgan fingerprint density at radius 2 is 1.76 bits per heavy atom. The van der Waals surface area contributed by atoms with Crippen molar-refractivity contribution < 1.29 is 17.6 Å². The number of halogens is 1. The standard InChI is InChI=1S/C21H16FN3O3S/c22-18-10-16(19-3-1-2-4-20(19)29(24,27)28)9-17(11-18)21(26)25-13-15-7-5-14(12-23)6-8-15/h1-11H,13H2,(H,25,26)(H2,24,27,28). The van der Waals surface area contributed by atoms with Gasteiger partial charge in [-0.25, -0.2) is 17.9 Å². The Labute approximate surface area is 167 Å². The third kappa shape index (κ3) is 4.85. The van der Waals surface area contributed by atoms with Gasteiger partial charge in [-0.2, -0.15) is 5.26 Å². The van der Waals surface area contributed by atoms with Crippen LogP contribution in [-0.2, 0) is 16.6 Å². The summed E-state index contributed by atoms with van der Waals surface area (Å²) >= 11 is 0. The summed E-state index contributed by atoms with van der Waals surface area (Å²) in [5.41, 5.74) is 1.74. The maximum absolute atomic E-state index is 14.2. The van der Waals surface area contributed by atoms with E-state index in [1.807, 2.05) is 6.07 Å². The van der Waals surface area contributed by atoms with Crippen LogP contribution in [0.2, 0.25) is 0 Å². The normalized spacial score (nSPS) is 10.9. The molecule has 8 heteroatoms. The number of carbonyl (C=O) groups excluding carboxylic acids is 1. The molecule has 3 N–H and O–H groups in total. The van der Waals surface area contributed by atoms with Gasteiger partial charge >= 0.3 is 0 Å². The minimum Gasteiger partial charge on any atom is -0.348 e. The fourth-order valence-electron chi connectivity index (χ4n) is 2.81. The van der Waals surface area contributed by atoms with Gasteiger partial charge < -0.3 is 5.32 Å². The second kappa shape index (κ2) is 8.22. The summed E-state index contributed by atoms with van der Waals surface area (Å²) in [5.74, 6) is -1.21. The number of nitriles is 1. The van der Waals surface area contributed by atoms with Crippen molar-refractivity contribution in [1.82, 2.24) is 5.32 Å². The van der Waals surface area contributed by atoms with Crippen molar-refractivity contribution in [1.29, 1.82) is 5.26 Å². The molecule has 146 valence electrons. The molecule has 3 rings (SSSR count). The van der Waals surface area contributed by atoms with Crippen LogP contribution >= 0.6 is 0 Å². The van der Waals surface area contributed by atoms with Crippen LogP contribution in [0.1, 0.15) is 21.5 Å². The van der Waals surface area contributed by atoms with Gasteiger partial charge in [0.1, 0.15) is 5.82 Å². The highest BCUT2D eigenvalue weighted by atomic mass is 32.2. The molecule has 0 saturated heterocycles. The SMILES string of the molecule is N#Cc1ccc(CNC(=O)c2cc(F)cc(-c3ccccc3S(N)(=O)=O)c2)cc1. The van der Waals surface area contributed by atoms with Crippen LogP contribution in [0.15, 0.2) is 71.6 Å². The number of benzene rings is 3. The topological polar surface area (TPSA) is 113 Å². The fourth-order valence-corrected chi connectivity index (χ4v) is 3.57. The molecular weight excluding hydrogens is 393 g/mol. The zero-order chi connectivity index (χ0) is 21.0. The molecule has 1 amide bonds.